The molecule has 1 aliphatic heterocycles. The third-order valence-electron chi connectivity index (χ3n) is 5.47. The number of hydrogen-bond acceptors (Lipinski definition) is 7. The van der Waals surface area contributed by atoms with Crippen LogP contribution in [0.5, 0.6) is 0 Å². The lowest BCUT2D eigenvalue weighted by molar-refractivity contribution is -0.152. The number of hydrogen-bond donors (Lipinski definition) is 0. The zero-order valence-electron chi connectivity index (χ0n) is 18.2. The van der Waals surface area contributed by atoms with E-state index >= 15 is 0 Å². The number of carbonyl (C=O) groups excluding carboxylic acids is 2. The van der Waals surface area contributed by atoms with Crippen molar-refractivity contribution < 1.29 is 14.3 Å². The molecule has 172 valence electrons. The summed E-state index contributed by atoms with van der Waals surface area (Å²) in [6.07, 6.45) is 4.94. The van der Waals surface area contributed by atoms with Crippen LogP contribution in [0, 0.1) is 0 Å². The monoisotopic (exact) mass is 490 g/mol. The van der Waals surface area contributed by atoms with Crippen molar-refractivity contribution in [3.63, 3.8) is 0 Å². The molecule has 4 aromatic rings. The number of benzene rings is 1. The van der Waals surface area contributed by atoms with Gasteiger partial charge in [0.25, 0.3) is 5.91 Å². The van der Waals surface area contributed by atoms with E-state index in [9.17, 15) is 9.59 Å². The maximum Gasteiger partial charge on any atom is 0.306 e. The van der Waals surface area contributed by atoms with Gasteiger partial charge in [-0.2, -0.15) is 10.2 Å². The predicted octanol–water partition coefficient (Wildman–Crippen LogP) is 4.85. The molecule has 3 aromatic heterocycles. The number of amides is 1. The predicted molar refractivity (Wildman–Crippen MR) is 132 cm³/mol. The largest absolute Gasteiger partial charge is 0.455 e. The summed E-state index contributed by atoms with van der Waals surface area (Å²) in [6.45, 7) is -0.328. The van der Waals surface area contributed by atoms with Gasteiger partial charge in [0.1, 0.15) is 0 Å². The average Bonchev–Trinajstić information content (AvgIpc) is 3.67. The standard InChI is InChI=1S/C25H22N4O3S2/c30-24(29-21(23-9-5-13-34-23)14-20(27-29)22-8-4-12-33-22)17-32-25(31)11-10-18-15-26-28(16-18)19-6-2-1-3-7-19/h1-9,12-13,15-16,21H,10-11,14,17H2. The Bertz CT molecular complexity index is 1280. The first-order chi connectivity index (χ1) is 16.7. The lowest BCUT2D eigenvalue weighted by Gasteiger charge is -2.20. The highest BCUT2D eigenvalue weighted by Crippen LogP contribution is 2.35. The van der Waals surface area contributed by atoms with Crippen LogP contribution in [0.1, 0.15) is 34.2 Å². The molecule has 1 amide bonds. The van der Waals surface area contributed by atoms with Gasteiger partial charge in [0.15, 0.2) is 6.61 Å². The van der Waals surface area contributed by atoms with Crippen LogP contribution in [0.25, 0.3) is 5.69 Å². The highest BCUT2D eigenvalue weighted by Gasteiger charge is 2.34. The van der Waals surface area contributed by atoms with Crippen molar-refractivity contribution >= 4 is 40.3 Å². The molecule has 9 heteroatoms. The van der Waals surface area contributed by atoms with Crippen LogP contribution in [-0.4, -0.2) is 39.0 Å². The first kappa shape index (κ1) is 22.2. The molecular formula is C25H22N4O3S2. The van der Waals surface area contributed by atoms with E-state index in [1.165, 1.54) is 5.01 Å². The van der Waals surface area contributed by atoms with Crippen molar-refractivity contribution in [3.8, 4) is 5.69 Å². The fourth-order valence-electron chi connectivity index (χ4n) is 3.77. The molecule has 0 bridgehead atoms. The highest BCUT2D eigenvalue weighted by atomic mass is 32.1. The Balaban J connectivity index is 1.17. The summed E-state index contributed by atoms with van der Waals surface area (Å²) < 4.78 is 7.07. The van der Waals surface area contributed by atoms with Gasteiger partial charge >= 0.3 is 5.97 Å². The molecule has 5 rings (SSSR count). The molecule has 0 radical (unpaired) electrons. The number of rotatable bonds is 8. The van der Waals surface area contributed by atoms with Crippen molar-refractivity contribution in [2.45, 2.75) is 25.3 Å². The maximum atomic E-state index is 12.9. The lowest BCUT2D eigenvalue weighted by Crippen LogP contribution is -2.31. The molecule has 7 nitrogen and oxygen atoms in total. The first-order valence-electron chi connectivity index (χ1n) is 10.9. The van der Waals surface area contributed by atoms with Gasteiger partial charge in [-0.1, -0.05) is 30.3 Å². The van der Waals surface area contributed by atoms with E-state index in [2.05, 4.69) is 10.2 Å². The Hall–Kier alpha value is -3.56. The number of esters is 1. The number of thiophene rings is 2. The number of ether oxygens (including phenoxy) is 1. The van der Waals surface area contributed by atoms with Crippen LogP contribution in [0.4, 0.5) is 0 Å². The fourth-order valence-corrected chi connectivity index (χ4v) is 5.31. The van der Waals surface area contributed by atoms with E-state index in [4.69, 9.17) is 4.74 Å². The minimum absolute atomic E-state index is 0.172. The summed E-state index contributed by atoms with van der Waals surface area (Å²) in [5, 5.41) is 14.4. The number of nitrogens with zero attached hydrogens (tertiary/aromatic N) is 4. The van der Waals surface area contributed by atoms with Gasteiger partial charge in [-0.25, -0.2) is 9.69 Å². The van der Waals surface area contributed by atoms with Crippen LogP contribution in [0.3, 0.4) is 0 Å². The van der Waals surface area contributed by atoms with Gasteiger partial charge in [-0.3, -0.25) is 9.59 Å². The van der Waals surface area contributed by atoms with E-state index in [-0.39, 0.29) is 25.0 Å². The Morgan fingerprint density at radius 3 is 2.62 bits per heavy atom. The second kappa shape index (κ2) is 10.1. The number of aromatic nitrogens is 2. The highest BCUT2D eigenvalue weighted by molar-refractivity contribution is 7.12. The van der Waals surface area contributed by atoms with E-state index in [1.807, 2.05) is 71.6 Å². The summed E-state index contributed by atoms with van der Waals surface area (Å²) in [5.41, 5.74) is 2.76. The van der Waals surface area contributed by atoms with E-state index in [0.717, 1.165) is 26.7 Å². The van der Waals surface area contributed by atoms with Crippen molar-refractivity contribution in [1.82, 2.24) is 14.8 Å². The molecule has 1 aliphatic rings. The van der Waals surface area contributed by atoms with Crippen LogP contribution in [0.15, 0.2) is 82.9 Å². The minimum Gasteiger partial charge on any atom is -0.455 e. The smallest absolute Gasteiger partial charge is 0.306 e. The van der Waals surface area contributed by atoms with Gasteiger partial charge in [-0.05, 0) is 47.0 Å². The molecule has 4 heterocycles. The maximum absolute atomic E-state index is 12.9. The molecule has 1 aromatic carbocycles. The van der Waals surface area contributed by atoms with E-state index in [1.54, 1.807) is 33.6 Å². The molecular weight excluding hydrogens is 468 g/mol. The SMILES string of the molecule is O=C(CCc1cnn(-c2ccccc2)c1)OCC(=O)N1N=C(c2cccs2)CC1c1cccs1. The quantitative estimate of drug-likeness (QED) is 0.331. The zero-order chi connectivity index (χ0) is 23.3. The van der Waals surface area contributed by atoms with Crippen LogP contribution in [-0.2, 0) is 20.7 Å². The molecule has 0 aliphatic carbocycles. The van der Waals surface area contributed by atoms with Crippen molar-refractivity contribution in [3.05, 3.63) is 93.1 Å². The van der Waals surface area contributed by atoms with E-state index in [0.29, 0.717) is 12.8 Å². The Morgan fingerprint density at radius 2 is 1.85 bits per heavy atom. The van der Waals surface area contributed by atoms with Crippen molar-refractivity contribution in [2.24, 2.45) is 5.10 Å². The summed E-state index contributed by atoms with van der Waals surface area (Å²) in [4.78, 5) is 27.4. The molecule has 0 saturated carbocycles. The summed E-state index contributed by atoms with van der Waals surface area (Å²) >= 11 is 3.19. The van der Waals surface area contributed by atoms with E-state index < -0.39 is 5.97 Å². The van der Waals surface area contributed by atoms with Crippen LogP contribution >= 0.6 is 22.7 Å². The summed E-state index contributed by atoms with van der Waals surface area (Å²) in [6, 6.07) is 17.5. The number of carbonyl (C=O) groups is 2. The van der Waals surface area contributed by atoms with Gasteiger partial charge in [0.05, 0.1) is 28.5 Å². The Morgan fingerprint density at radius 1 is 1.03 bits per heavy atom. The third-order valence-corrected chi connectivity index (χ3v) is 7.37. The number of hydrazone groups is 1. The number of para-hydroxylation sites is 1. The van der Waals surface area contributed by atoms with Gasteiger partial charge in [-0.15, -0.1) is 22.7 Å². The summed E-state index contributed by atoms with van der Waals surface area (Å²) in [7, 11) is 0. The van der Waals surface area contributed by atoms with Gasteiger partial charge in [0, 0.05) is 23.9 Å². The average molecular weight is 491 g/mol. The minimum atomic E-state index is -0.421. The Labute approximate surface area is 204 Å². The topological polar surface area (TPSA) is 76.8 Å². The second-order valence-electron chi connectivity index (χ2n) is 7.79. The fraction of sp³-hybridized carbons (Fsp3) is 0.200. The van der Waals surface area contributed by atoms with Gasteiger partial charge < -0.3 is 4.74 Å². The number of aryl methyl sites for hydroxylation is 1. The molecule has 0 fully saturated rings. The van der Waals surface area contributed by atoms with Crippen LogP contribution in [0.2, 0.25) is 0 Å². The molecule has 34 heavy (non-hydrogen) atoms. The molecule has 1 unspecified atom stereocenters. The first-order valence-corrected chi connectivity index (χ1v) is 12.6. The van der Waals surface area contributed by atoms with Crippen molar-refractivity contribution in [1.29, 1.82) is 0 Å². The zero-order valence-corrected chi connectivity index (χ0v) is 19.9. The molecule has 0 N–H and O–H groups in total. The normalized spacial score (nSPS) is 15.4. The summed E-state index contributed by atoms with van der Waals surface area (Å²) in [5.74, 6) is -0.745. The Kier molecular flexibility index (Phi) is 6.64. The van der Waals surface area contributed by atoms with Gasteiger partial charge in [0.2, 0.25) is 0 Å². The molecule has 1 atom stereocenters. The van der Waals surface area contributed by atoms with Crippen LogP contribution < -0.4 is 0 Å². The second-order valence-corrected chi connectivity index (χ2v) is 9.71. The molecule has 0 saturated heterocycles. The van der Waals surface area contributed by atoms with Crippen molar-refractivity contribution in [2.75, 3.05) is 6.61 Å². The molecule has 0 spiro atoms. The third kappa shape index (κ3) is 5.00. The lowest BCUT2D eigenvalue weighted by atomic mass is 10.1.